The standard InChI is InChI=1S/C17H15F3IN3O.ClH/c18-12-3-2-11(17(25)24-7-5-22-6-8-24)16(15(12)20)23-14-4-1-10(21)9-13(14)19;/h1-4,9,22-23H,5-8H2;1H. The average molecular weight is 498 g/mol. The van der Waals surface area contributed by atoms with Crippen molar-refractivity contribution in [1.82, 2.24) is 10.2 Å². The zero-order valence-corrected chi connectivity index (χ0v) is 16.5. The van der Waals surface area contributed by atoms with Crippen molar-refractivity contribution in [3.05, 3.63) is 56.9 Å². The van der Waals surface area contributed by atoms with Gasteiger partial charge in [0.25, 0.3) is 5.91 Å². The number of hydrogen-bond acceptors (Lipinski definition) is 3. The van der Waals surface area contributed by atoms with Crippen molar-refractivity contribution in [2.75, 3.05) is 31.5 Å². The molecule has 1 saturated heterocycles. The Morgan fingerprint density at radius 1 is 1.08 bits per heavy atom. The fourth-order valence-corrected chi connectivity index (χ4v) is 3.07. The van der Waals surface area contributed by atoms with E-state index in [1.54, 1.807) is 11.0 Å². The number of carbonyl (C=O) groups excluding carboxylic acids is 1. The SMILES string of the molecule is Cl.O=C(c1ccc(F)c(F)c1Nc1ccc(I)cc1F)N1CCNCC1. The number of carbonyl (C=O) groups is 1. The number of piperazine rings is 1. The summed E-state index contributed by atoms with van der Waals surface area (Å²) in [6.45, 7) is 2.19. The molecule has 0 bridgehead atoms. The van der Waals surface area contributed by atoms with E-state index in [-0.39, 0.29) is 29.3 Å². The first-order valence-electron chi connectivity index (χ1n) is 7.67. The molecule has 2 N–H and O–H groups in total. The number of halogens is 5. The minimum Gasteiger partial charge on any atom is -0.350 e. The Balaban J connectivity index is 0.00000243. The van der Waals surface area contributed by atoms with Crippen LogP contribution in [0.5, 0.6) is 0 Å². The van der Waals surface area contributed by atoms with Crippen molar-refractivity contribution < 1.29 is 18.0 Å². The Morgan fingerprint density at radius 2 is 1.77 bits per heavy atom. The van der Waals surface area contributed by atoms with Crippen LogP contribution in [0.3, 0.4) is 0 Å². The quantitative estimate of drug-likeness (QED) is 0.632. The van der Waals surface area contributed by atoms with Crippen LogP contribution in [-0.2, 0) is 0 Å². The fraction of sp³-hybridized carbons (Fsp3) is 0.235. The van der Waals surface area contributed by atoms with Gasteiger partial charge in [0.1, 0.15) is 5.82 Å². The summed E-state index contributed by atoms with van der Waals surface area (Å²) in [5.74, 6) is -3.35. The van der Waals surface area contributed by atoms with E-state index in [4.69, 9.17) is 0 Å². The van der Waals surface area contributed by atoms with Crippen LogP contribution in [-0.4, -0.2) is 37.0 Å². The number of nitrogens with one attached hydrogen (secondary N) is 2. The van der Waals surface area contributed by atoms with Gasteiger partial charge in [0.2, 0.25) is 0 Å². The lowest BCUT2D eigenvalue weighted by Gasteiger charge is -2.28. The van der Waals surface area contributed by atoms with Gasteiger partial charge in [-0.2, -0.15) is 0 Å². The highest BCUT2D eigenvalue weighted by Crippen LogP contribution is 2.29. The van der Waals surface area contributed by atoms with Gasteiger partial charge in [0.15, 0.2) is 11.6 Å². The van der Waals surface area contributed by atoms with Crippen LogP contribution in [0.25, 0.3) is 0 Å². The lowest BCUT2D eigenvalue weighted by atomic mass is 10.1. The predicted octanol–water partition coefficient (Wildman–Crippen LogP) is 3.92. The van der Waals surface area contributed by atoms with Crippen molar-refractivity contribution in [1.29, 1.82) is 0 Å². The highest BCUT2D eigenvalue weighted by atomic mass is 127. The van der Waals surface area contributed by atoms with E-state index in [2.05, 4.69) is 10.6 Å². The molecule has 3 rings (SSSR count). The van der Waals surface area contributed by atoms with Gasteiger partial charge in [-0.25, -0.2) is 13.2 Å². The zero-order valence-electron chi connectivity index (χ0n) is 13.5. The molecule has 2 aromatic rings. The molecule has 2 aromatic carbocycles. The van der Waals surface area contributed by atoms with Crippen LogP contribution in [0.4, 0.5) is 24.5 Å². The summed E-state index contributed by atoms with van der Waals surface area (Å²) >= 11 is 1.94. The summed E-state index contributed by atoms with van der Waals surface area (Å²) in [7, 11) is 0. The van der Waals surface area contributed by atoms with Crippen LogP contribution in [0.1, 0.15) is 10.4 Å². The van der Waals surface area contributed by atoms with E-state index in [0.717, 1.165) is 6.07 Å². The molecule has 1 aliphatic heterocycles. The second kappa shape index (κ2) is 8.92. The summed E-state index contributed by atoms with van der Waals surface area (Å²) in [5, 5.41) is 5.66. The van der Waals surface area contributed by atoms with Gasteiger partial charge in [-0.05, 0) is 52.9 Å². The minimum atomic E-state index is -1.21. The van der Waals surface area contributed by atoms with Gasteiger partial charge in [0.05, 0.1) is 16.9 Å². The Kier molecular flexibility index (Phi) is 7.13. The lowest BCUT2D eigenvalue weighted by molar-refractivity contribution is 0.0736. The molecular formula is C17H16ClF3IN3O. The normalized spacial score (nSPS) is 13.9. The second-order valence-electron chi connectivity index (χ2n) is 5.58. The van der Waals surface area contributed by atoms with Crippen molar-refractivity contribution in [3.8, 4) is 0 Å². The van der Waals surface area contributed by atoms with E-state index in [9.17, 15) is 18.0 Å². The zero-order chi connectivity index (χ0) is 18.0. The molecule has 0 aromatic heterocycles. The summed E-state index contributed by atoms with van der Waals surface area (Å²) in [6, 6.07) is 6.43. The van der Waals surface area contributed by atoms with E-state index in [0.29, 0.717) is 29.7 Å². The third-order valence-corrected chi connectivity index (χ3v) is 4.59. The molecule has 0 aliphatic carbocycles. The van der Waals surface area contributed by atoms with E-state index in [1.165, 1.54) is 18.2 Å². The number of benzene rings is 2. The van der Waals surface area contributed by atoms with E-state index in [1.807, 2.05) is 22.6 Å². The molecule has 140 valence electrons. The molecule has 0 atom stereocenters. The van der Waals surface area contributed by atoms with Gasteiger partial charge in [0, 0.05) is 29.7 Å². The van der Waals surface area contributed by atoms with E-state index >= 15 is 0 Å². The van der Waals surface area contributed by atoms with Crippen molar-refractivity contribution >= 4 is 52.3 Å². The first-order chi connectivity index (χ1) is 12.0. The first kappa shape index (κ1) is 20.8. The van der Waals surface area contributed by atoms with Crippen LogP contribution < -0.4 is 10.6 Å². The van der Waals surface area contributed by atoms with Gasteiger partial charge in [-0.1, -0.05) is 0 Å². The number of hydrogen-bond donors (Lipinski definition) is 2. The lowest BCUT2D eigenvalue weighted by Crippen LogP contribution is -2.46. The van der Waals surface area contributed by atoms with E-state index < -0.39 is 23.4 Å². The number of amides is 1. The summed E-state index contributed by atoms with van der Waals surface area (Å²) in [4.78, 5) is 14.2. The van der Waals surface area contributed by atoms with Gasteiger partial charge >= 0.3 is 0 Å². The van der Waals surface area contributed by atoms with Crippen molar-refractivity contribution in [2.45, 2.75) is 0 Å². The van der Waals surface area contributed by atoms with Crippen LogP contribution in [0.15, 0.2) is 30.3 Å². The fourth-order valence-electron chi connectivity index (χ4n) is 2.61. The van der Waals surface area contributed by atoms with Crippen molar-refractivity contribution in [3.63, 3.8) is 0 Å². The molecule has 1 amide bonds. The maximum atomic E-state index is 14.3. The molecule has 4 nitrogen and oxygen atoms in total. The first-order valence-corrected chi connectivity index (χ1v) is 8.75. The second-order valence-corrected chi connectivity index (χ2v) is 6.82. The maximum Gasteiger partial charge on any atom is 0.256 e. The average Bonchev–Trinajstić information content (AvgIpc) is 2.61. The molecule has 9 heteroatoms. The number of rotatable bonds is 3. The molecule has 1 heterocycles. The largest absolute Gasteiger partial charge is 0.350 e. The summed E-state index contributed by atoms with van der Waals surface area (Å²) < 4.78 is 42.8. The summed E-state index contributed by atoms with van der Waals surface area (Å²) in [6.07, 6.45) is 0. The molecule has 26 heavy (non-hydrogen) atoms. The number of anilines is 2. The third-order valence-electron chi connectivity index (χ3n) is 3.92. The summed E-state index contributed by atoms with van der Waals surface area (Å²) in [5.41, 5.74) is -0.415. The molecule has 0 saturated carbocycles. The molecular weight excluding hydrogens is 482 g/mol. The van der Waals surface area contributed by atoms with Crippen LogP contribution >= 0.6 is 35.0 Å². The third kappa shape index (κ3) is 4.41. The predicted molar refractivity (Wildman–Crippen MR) is 105 cm³/mol. The smallest absolute Gasteiger partial charge is 0.256 e. The monoisotopic (exact) mass is 497 g/mol. The molecule has 0 radical (unpaired) electrons. The maximum absolute atomic E-state index is 14.3. The highest BCUT2D eigenvalue weighted by molar-refractivity contribution is 14.1. The topological polar surface area (TPSA) is 44.4 Å². The number of nitrogens with zero attached hydrogens (tertiary/aromatic N) is 1. The Morgan fingerprint density at radius 3 is 2.42 bits per heavy atom. The Hall–Kier alpha value is -1.52. The molecule has 1 aliphatic rings. The molecule has 0 unspecified atom stereocenters. The highest BCUT2D eigenvalue weighted by Gasteiger charge is 2.24. The molecule has 0 spiro atoms. The van der Waals surface area contributed by atoms with Gasteiger partial charge in [-0.15, -0.1) is 12.4 Å². The Labute approximate surface area is 168 Å². The minimum absolute atomic E-state index is 0. The van der Waals surface area contributed by atoms with Crippen LogP contribution in [0, 0.1) is 21.0 Å². The Bertz CT molecular complexity index is 816. The van der Waals surface area contributed by atoms with Gasteiger partial charge < -0.3 is 15.5 Å². The van der Waals surface area contributed by atoms with Crippen molar-refractivity contribution in [2.24, 2.45) is 0 Å². The van der Waals surface area contributed by atoms with Crippen LogP contribution in [0.2, 0.25) is 0 Å². The van der Waals surface area contributed by atoms with Gasteiger partial charge in [-0.3, -0.25) is 4.79 Å². The molecule has 1 fully saturated rings.